The molecule has 10 heteroatoms. The molecule has 0 aromatic heterocycles. The van der Waals surface area contributed by atoms with Crippen molar-refractivity contribution >= 4 is 5.91 Å². The minimum Gasteiger partial charge on any atom is -0.390 e. The standard InChI is InChI=1S/C23H34FN3O6/c1-11-8-14(27-16(28)10-12-4-6-13(24)7-5-12)23(31)15(9-11)32-22-20(30)17(25-2)19(29)18(26-3)21(22)33-23/h4-7,11,14-15,17-22,25-26,29-31H,8-10H2,1-3H3,(H,27,28)/t11-,14-,15-,17-,18+,19+,20+,21-,22-,23+/m1/s1. The summed E-state index contributed by atoms with van der Waals surface area (Å²) in [6, 6.07) is 3.67. The lowest BCUT2D eigenvalue weighted by molar-refractivity contribution is -0.392. The van der Waals surface area contributed by atoms with Gasteiger partial charge in [-0.25, -0.2) is 4.39 Å². The molecule has 184 valence electrons. The fourth-order valence-corrected chi connectivity index (χ4v) is 5.54. The number of carbonyl (C=O) groups is 1. The number of fused-ring (bicyclic) bond motifs is 2. The van der Waals surface area contributed by atoms with E-state index in [0.29, 0.717) is 18.4 Å². The van der Waals surface area contributed by atoms with Crippen LogP contribution in [0, 0.1) is 11.7 Å². The predicted octanol–water partition coefficient (Wildman–Crippen LogP) is -0.964. The normalized spacial score (nSPS) is 42.8. The van der Waals surface area contributed by atoms with Gasteiger partial charge in [0.2, 0.25) is 11.7 Å². The Morgan fingerprint density at radius 3 is 2.39 bits per heavy atom. The maximum atomic E-state index is 13.2. The molecular weight excluding hydrogens is 433 g/mol. The van der Waals surface area contributed by atoms with Crippen molar-refractivity contribution in [2.75, 3.05) is 14.1 Å². The Balaban J connectivity index is 1.55. The van der Waals surface area contributed by atoms with Gasteiger partial charge in [-0.2, -0.15) is 0 Å². The SMILES string of the molecule is CN[C@@H]1[C@H](O)[C@H](NC)[C@H]2O[C@@]3(O)[C@H](NC(=O)Cc4ccc(F)cc4)C[C@@H](C)C[C@H]3O[C@@H]2[C@H]1O. The smallest absolute Gasteiger partial charge is 0.224 e. The van der Waals surface area contributed by atoms with Gasteiger partial charge in [0.25, 0.3) is 0 Å². The first kappa shape index (κ1) is 24.5. The molecule has 3 fully saturated rings. The largest absolute Gasteiger partial charge is 0.390 e. The van der Waals surface area contributed by atoms with E-state index >= 15 is 0 Å². The lowest BCUT2D eigenvalue weighted by Gasteiger charge is -2.58. The van der Waals surface area contributed by atoms with Crippen molar-refractivity contribution in [2.45, 2.75) is 80.6 Å². The van der Waals surface area contributed by atoms with Crippen molar-refractivity contribution in [1.82, 2.24) is 16.0 Å². The van der Waals surface area contributed by atoms with Crippen LogP contribution >= 0.6 is 0 Å². The summed E-state index contributed by atoms with van der Waals surface area (Å²) >= 11 is 0. The van der Waals surface area contributed by atoms with E-state index in [2.05, 4.69) is 16.0 Å². The van der Waals surface area contributed by atoms with Crippen LogP contribution in [-0.4, -0.2) is 89.8 Å². The van der Waals surface area contributed by atoms with Crippen molar-refractivity contribution in [3.05, 3.63) is 35.6 Å². The van der Waals surface area contributed by atoms with Gasteiger partial charge in [0, 0.05) is 0 Å². The van der Waals surface area contributed by atoms with Gasteiger partial charge in [-0.15, -0.1) is 0 Å². The second kappa shape index (κ2) is 9.53. The van der Waals surface area contributed by atoms with E-state index in [-0.39, 0.29) is 24.1 Å². The first-order valence-corrected chi connectivity index (χ1v) is 11.5. The Morgan fingerprint density at radius 2 is 1.76 bits per heavy atom. The van der Waals surface area contributed by atoms with Crippen LogP contribution < -0.4 is 16.0 Å². The monoisotopic (exact) mass is 467 g/mol. The lowest BCUT2D eigenvalue weighted by Crippen LogP contribution is -2.78. The third-order valence-electron chi connectivity index (χ3n) is 7.26. The molecule has 9 nitrogen and oxygen atoms in total. The van der Waals surface area contributed by atoms with E-state index < -0.39 is 54.4 Å². The molecule has 3 aliphatic rings. The molecule has 1 aromatic rings. The first-order valence-electron chi connectivity index (χ1n) is 11.5. The topological polar surface area (TPSA) is 132 Å². The molecule has 1 saturated heterocycles. The molecule has 0 bridgehead atoms. The molecule has 0 spiro atoms. The molecule has 33 heavy (non-hydrogen) atoms. The maximum Gasteiger partial charge on any atom is 0.224 e. The number of likely N-dealkylation sites (N-methyl/N-ethyl adjacent to an activating group) is 2. The van der Waals surface area contributed by atoms with Crippen LogP contribution in [0.25, 0.3) is 0 Å². The fourth-order valence-electron chi connectivity index (χ4n) is 5.54. The van der Waals surface area contributed by atoms with Gasteiger partial charge in [0.05, 0.1) is 30.7 Å². The van der Waals surface area contributed by atoms with Gasteiger partial charge >= 0.3 is 0 Å². The number of ether oxygens (including phenoxy) is 2. The summed E-state index contributed by atoms with van der Waals surface area (Å²) in [7, 11) is 3.32. The zero-order valence-electron chi connectivity index (χ0n) is 19.1. The molecule has 2 saturated carbocycles. The third-order valence-corrected chi connectivity index (χ3v) is 7.26. The number of benzene rings is 1. The van der Waals surface area contributed by atoms with Crippen molar-refractivity contribution in [2.24, 2.45) is 5.92 Å². The number of hydrogen-bond donors (Lipinski definition) is 6. The summed E-state index contributed by atoms with van der Waals surface area (Å²) in [5.41, 5.74) is 0.647. The highest BCUT2D eigenvalue weighted by Gasteiger charge is 2.62. The summed E-state index contributed by atoms with van der Waals surface area (Å²) < 4.78 is 25.6. The van der Waals surface area contributed by atoms with Gasteiger partial charge in [0.15, 0.2) is 0 Å². The summed E-state index contributed by atoms with van der Waals surface area (Å²) in [5.74, 6) is -2.41. The Bertz CT molecular complexity index is 844. The van der Waals surface area contributed by atoms with Crippen molar-refractivity contribution < 1.29 is 34.0 Å². The van der Waals surface area contributed by atoms with Crippen LogP contribution in [0.1, 0.15) is 25.3 Å². The average Bonchev–Trinajstić information content (AvgIpc) is 2.76. The van der Waals surface area contributed by atoms with Gasteiger partial charge in [0.1, 0.15) is 30.2 Å². The Kier molecular flexibility index (Phi) is 7.07. The van der Waals surface area contributed by atoms with Crippen molar-refractivity contribution in [1.29, 1.82) is 0 Å². The van der Waals surface area contributed by atoms with Gasteiger partial charge in [-0.1, -0.05) is 19.1 Å². The second-order valence-electron chi connectivity index (χ2n) is 9.53. The number of aliphatic hydroxyl groups is 3. The first-order chi connectivity index (χ1) is 15.7. The lowest BCUT2D eigenvalue weighted by atomic mass is 9.75. The molecule has 1 aliphatic heterocycles. The van der Waals surface area contributed by atoms with Crippen LogP contribution in [-0.2, 0) is 20.7 Å². The minimum absolute atomic E-state index is 0.0270. The van der Waals surface area contributed by atoms with E-state index in [1.807, 2.05) is 6.92 Å². The maximum absolute atomic E-state index is 13.2. The van der Waals surface area contributed by atoms with Crippen LogP contribution in [0.15, 0.2) is 24.3 Å². The van der Waals surface area contributed by atoms with E-state index in [1.54, 1.807) is 26.2 Å². The van der Waals surface area contributed by atoms with E-state index in [9.17, 15) is 24.5 Å². The quantitative estimate of drug-likeness (QED) is 0.326. The molecule has 10 atom stereocenters. The highest BCUT2D eigenvalue weighted by atomic mass is 19.1. The minimum atomic E-state index is -1.83. The van der Waals surface area contributed by atoms with Gasteiger partial charge < -0.3 is 40.7 Å². The van der Waals surface area contributed by atoms with Crippen LogP contribution in [0.3, 0.4) is 0 Å². The summed E-state index contributed by atoms with van der Waals surface area (Å²) in [6.45, 7) is 2.00. The van der Waals surface area contributed by atoms with Crippen LogP contribution in [0.2, 0.25) is 0 Å². The molecule has 6 N–H and O–H groups in total. The molecular formula is C23H34FN3O6. The molecule has 2 aliphatic carbocycles. The summed E-state index contributed by atoms with van der Waals surface area (Å²) in [5, 5.41) is 42.1. The Hall–Kier alpha value is -1.66. The van der Waals surface area contributed by atoms with Gasteiger partial charge in [-0.3, -0.25) is 4.79 Å². The molecule has 1 amide bonds. The number of hydrogen-bond acceptors (Lipinski definition) is 8. The number of carbonyl (C=O) groups excluding carboxylic acids is 1. The molecule has 0 unspecified atom stereocenters. The third kappa shape index (κ3) is 4.53. The number of amides is 1. The van der Waals surface area contributed by atoms with Crippen LogP contribution in [0.4, 0.5) is 4.39 Å². The Morgan fingerprint density at radius 1 is 1.09 bits per heavy atom. The highest BCUT2D eigenvalue weighted by molar-refractivity contribution is 5.79. The molecule has 1 heterocycles. The number of rotatable bonds is 5. The van der Waals surface area contributed by atoms with Crippen molar-refractivity contribution in [3.8, 4) is 0 Å². The second-order valence-corrected chi connectivity index (χ2v) is 9.53. The number of nitrogens with one attached hydrogen (secondary N) is 3. The van der Waals surface area contributed by atoms with Gasteiger partial charge in [-0.05, 0) is 50.6 Å². The fraction of sp³-hybridized carbons (Fsp3) is 0.696. The summed E-state index contributed by atoms with van der Waals surface area (Å²) in [6.07, 6.45) is -3.42. The van der Waals surface area contributed by atoms with Crippen LogP contribution in [0.5, 0.6) is 0 Å². The van der Waals surface area contributed by atoms with E-state index in [4.69, 9.17) is 9.47 Å². The summed E-state index contributed by atoms with van der Waals surface area (Å²) in [4.78, 5) is 12.8. The van der Waals surface area contributed by atoms with E-state index in [0.717, 1.165) is 0 Å². The highest BCUT2D eigenvalue weighted by Crippen LogP contribution is 2.44. The number of aliphatic hydroxyl groups excluding tert-OH is 2. The predicted molar refractivity (Wildman–Crippen MR) is 117 cm³/mol. The average molecular weight is 468 g/mol. The molecule has 1 aromatic carbocycles. The van der Waals surface area contributed by atoms with E-state index in [1.165, 1.54) is 12.1 Å². The zero-order chi connectivity index (χ0) is 23.9. The molecule has 4 rings (SSSR count). The molecule has 0 radical (unpaired) electrons. The zero-order valence-corrected chi connectivity index (χ0v) is 19.1. The van der Waals surface area contributed by atoms with Crippen molar-refractivity contribution in [3.63, 3.8) is 0 Å². The number of halogens is 1. The Labute approximate surface area is 192 Å².